The van der Waals surface area contributed by atoms with Crippen molar-refractivity contribution in [3.05, 3.63) is 89.0 Å². The number of piperidine rings is 1. The molecule has 0 aliphatic carbocycles. The van der Waals surface area contributed by atoms with Crippen molar-refractivity contribution >= 4 is 11.9 Å². The molecule has 1 spiro atoms. The molecule has 3 aromatic rings. The summed E-state index contributed by atoms with van der Waals surface area (Å²) in [5.41, 5.74) is 1.60. The van der Waals surface area contributed by atoms with Crippen molar-refractivity contribution < 1.29 is 37.3 Å². The first-order valence-electron chi connectivity index (χ1n) is 11.4. The number of halogens is 3. The predicted molar refractivity (Wildman–Crippen MR) is 124 cm³/mol. The normalized spacial score (nSPS) is 16.8. The molecule has 0 atom stereocenters. The zero-order valence-corrected chi connectivity index (χ0v) is 19.0. The van der Waals surface area contributed by atoms with Crippen molar-refractivity contribution in [2.45, 2.75) is 31.4 Å². The quantitative estimate of drug-likeness (QED) is 0.509. The second-order valence-corrected chi connectivity index (χ2v) is 8.84. The van der Waals surface area contributed by atoms with E-state index >= 15 is 0 Å². The number of hydrogen-bond acceptors (Lipinski definition) is 4. The molecule has 2 aliphatic rings. The summed E-state index contributed by atoms with van der Waals surface area (Å²) >= 11 is 0. The van der Waals surface area contributed by atoms with Gasteiger partial charge in [-0.2, -0.15) is 13.2 Å². The number of ether oxygens (including phenoxy) is 2. The molecule has 0 saturated carbocycles. The predicted octanol–water partition coefficient (Wildman–Crippen LogP) is 5.61. The van der Waals surface area contributed by atoms with E-state index in [-0.39, 0.29) is 23.6 Å². The van der Waals surface area contributed by atoms with Gasteiger partial charge in [-0.1, -0.05) is 30.3 Å². The molecule has 0 bridgehead atoms. The first-order valence-corrected chi connectivity index (χ1v) is 11.4. The molecule has 1 amide bonds. The van der Waals surface area contributed by atoms with Crippen LogP contribution in [-0.2, 0) is 17.5 Å². The molecule has 186 valence electrons. The number of carbonyl (C=O) groups is 2. The standard InChI is InChI=1S/C27H22F3NO5/c28-27(29,30)20-8-5-17(6-9-20)18-7-10-23-19(15-18)16-35-26(36-23)11-13-31(14-12-26)24(32)21-3-1-2-4-22(21)25(33)34/h1-10,15H,11-14,16H2,(H,33,34). The highest BCUT2D eigenvalue weighted by Gasteiger charge is 2.42. The molecular formula is C27H22F3NO5. The number of alkyl halides is 3. The Balaban J connectivity index is 1.27. The summed E-state index contributed by atoms with van der Waals surface area (Å²) in [7, 11) is 0. The zero-order valence-electron chi connectivity index (χ0n) is 19.0. The van der Waals surface area contributed by atoms with Crippen molar-refractivity contribution in [1.29, 1.82) is 0 Å². The number of amides is 1. The third kappa shape index (κ3) is 4.54. The molecule has 3 aromatic carbocycles. The van der Waals surface area contributed by atoms with Gasteiger partial charge >= 0.3 is 12.1 Å². The van der Waals surface area contributed by atoms with Gasteiger partial charge in [0.05, 0.1) is 23.3 Å². The number of benzene rings is 3. The van der Waals surface area contributed by atoms with Crippen LogP contribution in [0.1, 0.15) is 44.7 Å². The molecule has 9 heteroatoms. The van der Waals surface area contributed by atoms with Gasteiger partial charge in [0.2, 0.25) is 5.79 Å². The fourth-order valence-corrected chi connectivity index (χ4v) is 4.59. The highest BCUT2D eigenvalue weighted by atomic mass is 19.4. The average molecular weight is 497 g/mol. The fraction of sp³-hybridized carbons (Fsp3) is 0.259. The van der Waals surface area contributed by atoms with Crippen molar-refractivity contribution in [3.63, 3.8) is 0 Å². The lowest BCUT2D eigenvalue weighted by Crippen LogP contribution is -2.52. The average Bonchev–Trinajstić information content (AvgIpc) is 2.88. The van der Waals surface area contributed by atoms with Gasteiger partial charge in [-0.15, -0.1) is 0 Å². The summed E-state index contributed by atoms with van der Waals surface area (Å²) in [4.78, 5) is 26.0. The second kappa shape index (κ2) is 8.98. The Morgan fingerprint density at radius 1 is 0.889 bits per heavy atom. The Morgan fingerprint density at radius 2 is 1.53 bits per heavy atom. The van der Waals surface area contributed by atoms with Crippen LogP contribution in [0.15, 0.2) is 66.7 Å². The van der Waals surface area contributed by atoms with Crippen LogP contribution >= 0.6 is 0 Å². The van der Waals surface area contributed by atoms with E-state index in [0.717, 1.165) is 23.3 Å². The lowest BCUT2D eigenvalue weighted by atomic mass is 9.98. The molecular weight excluding hydrogens is 475 g/mol. The smallest absolute Gasteiger partial charge is 0.416 e. The topological polar surface area (TPSA) is 76.1 Å². The van der Waals surface area contributed by atoms with Crippen molar-refractivity contribution in [3.8, 4) is 16.9 Å². The molecule has 1 saturated heterocycles. The number of rotatable bonds is 3. The monoisotopic (exact) mass is 497 g/mol. The summed E-state index contributed by atoms with van der Waals surface area (Å²) in [6.07, 6.45) is -3.56. The lowest BCUT2D eigenvalue weighted by molar-refractivity contribution is -0.225. The summed E-state index contributed by atoms with van der Waals surface area (Å²) in [5, 5.41) is 9.39. The molecule has 2 heterocycles. The summed E-state index contributed by atoms with van der Waals surface area (Å²) < 4.78 is 50.8. The number of nitrogens with zero attached hydrogens (tertiary/aromatic N) is 1. The van der Waals surface area contributed by atoms with E-state index in [2.05, 4.69) is 0 Å². The maximum atomic E-state index is 13.0. The van der Waals surface area contributed by atoms with E-state index in [1.807, 2.05) is 6.07 Å². The molecule has 0 aromatic heterocycles. The summed E-state index contributed by atoms with van der Waals surface area (Å²) in [6, 6.07) is 16.5. The number of hydrogen-bond donors (Lipinski definition) is 1. The number of carboxylic acid groups (broad SMARTS) is 1. The van der Waals surface area contributed by atoms with Gasteiger partial charge in [0.25, 0.3) is 5.91 Å². The van der Waals surface area contributed by atoms with Crippen molar-refractivity contribution in [2.24, 2.45) is 0 Å². The van der Waals surface area contributed by atoms with Gasteiger partial charge in [0.1, 0.15) is 5.75 Å². The van der Waals surface area contributed by atoms with Crippen LogP contribution in [0.3, 0.4) is 0 Å². The fourth-order valence-electron chi connectivity index (χ4n) is 4.59. The highest BCUT2D eigenvalue weighted by molar-refractivity contribution is 6.04. The Hall–Kier alpha value is -3.85. The molecule has 5 rings (SSSR count). The molecule has 1 N–H and O–H groups in total. The first-order chi connectivity index (χ1) is 17.2. The molecule has 1 fully saturated rings. The minimum Gasteiger partial charge on any atom is -0.478 e. The zero-order chi connectivity index (χ0) is 25.5. The maximum Gasteiger partial charge on any atom is 0.416 e. The Morgan fingerprint density at radius 3 is 2.17 bits per heavy atom. The third-order valence-corrected chi connectivity index (χ3v) is 6.59. The molecule has 0 radical (unpaired) electrons. The first kappa shape index (κ1) is 23.9. The number of carbonyl (C=O) groups excluding carboxylic acids is 1. The SMILES string of the molecule is O=C(O)c1ccccc1C(=O)N1CCC2(CC1)OCc1cc(-c3ccc(C(F)(F)F)cc3)ccc1O2. The van der Waals surface area contributed by atoms with E-state index in [1.54, 1.807) is 29.2 Å². The van der Waals surface area contributed by atoms with Crippen molar-refractivity contribution in [2.75, 3.05) is 13.1 Å². The van der Waals surface area contributed by atoms with E-state index in [0.29, 0.717) is 37.2 Å². The van der Waals surface area contributed by atoms with Crippen LogP contribution in [0.25, 0.3) is 11.1 Å². The van der Waals surface area contributed by atoms with Gasteiger partial charge in [-0.05, 0) is 47.5 Å². The van der Waals surface area contributed by atoms with Crippen LogP contribution < -0.4 is 4.74 Å². The van der Waals surface area contributed by atoms with Gasteiger partial charge in [-0.3, -0.25) is 4.79 Å². The Labute approximate surface area is 204 Å². The largest absolute Gasteiger partial charge is 0.478 e. The lowest BCUT2D eigenvalue weighted by Gasteiger charge is -2.44. The van der Waals surface area contributed by atoms with E-state index in [9.17, 15) is 27.9 Å². The van der Waals surface area contributed by atoms with Crippen LogP contribution in [0.2, 0.25) is 0 Å². The summed E-state index contributed by atoms with van der Waals surface area (Å²) in [5.74, 6) is -1.77. The molecule has 36 heavy (non-hydrogen) atoms. The Bertz CT molecular complexity index is 1310. The van der Waals surface area contributed by atoms with Crippen LogP contribution in [0, 0.1) is 0 Å². The highest BCUT2D eigenvalue weighted by Crippen LogP contribution is 2.40. The van der Waals surface area contributed by atoms with E-state index in [4.69, 9.17) is 9.47 Å². The Kier molecular flexibility index (Phi) is 5.96. The number of carboxylic acids is 1. The second-order valence-electron chi connectivity index (χ2n) is 8.84. The number of aromatic carboxylic acids is 1. The third-order valence-electron chi connectivity index (χ3n) is 6.59. The molecule has 6 nitrogen and oxygen atoms in total. The van der Waals surface area contributed by atoms with Crippen molar-refractivity contribution in [1.82, 2.24) is 4.90 Å². The van der Waals surface area contributed by atoms with E-state index in [1.165, 1.54) is 24.3 Å². The number of likely N-dealkylation sites (tertiary alicyclic amines) is 1. The van der Waals surface area contributed by atoms with Gasteiger partial charge in [0.15, 0.2) is 0 Å². The minimum atomic E-state index is -4.38. The van der Waals surface area contributed by atoms with E-state index < -0.39 is 23.5 Å². The maximum absolute atomic E-state index is 13.0. The minimum absolute atomic E-state index is 0.0364. The van der Waals surface area contributed by atoms with Crippen LogP contribution in [-0.4, -0.2) is 40.8 Å². The van der Waals surface area contributed by atoms with Gasteiger partial charge < -0.3 is 19.5 Å². The molecule has 2 aliphatic heterocycles. The van der Waals surface area contributed by atoms with Gasteiger partial charge in [-0.25, -0.2) is 4.79 Å². The summed E-state index contributed by atoms with van der Waals surface area (Å²) in [6.45, 7) is 0.942. The van der Waals surface area contributed by atoms with Gasteiger partial charge in [0, 0.05) is 31.5 Å². The molecule has 0 unspecified atom stereocenters. The van der Waals surface area contributed by atoms with Crippen LogP contribution in [0.5, 0.6) is 5.75 Å². The van der Waals surface area contributed by atoms with Crippen LogP contribution in [0.4, 0.5) is 13.2 Å². The number of fused-ring (bicyclic) bond motifs is 1.